The van der Waals surface area contributed by atoms with Gasteiger partial charge in [0.05, 0.1) is 5.29 Å². The molecule has 32 heavy (non-hydrogen) atoms. The van der Waals surface area contributed by atoms with Crippen LogP contribution in [0.15, 0.2) is 59.1 Å². The van der Waals surface area contributed by atoms with Gasteiger partial charge in [-0.2, -0.15) is 0 Å². The number of nitrogens with two attached hydrogens (primary N) is 1. The summed E-state index contributed by atoms with van der Waals surface area (Å²) in [6.07, 6.45) is 8.83. The van der Waals surface area contributed by atoms with Crippen molar-refractivity contribution >= 4 is 35.1 Å². The van der Waals surface area contributed by atoms with Crippen LogP contribution in [0.5, 0.6) is 0 Å². The van der Waals surface area contributed by atoms with Crippen molar-refractivity contribution in [2.24, 2.45) is 16.1 Å². The smallest absolute Gasteiger partial charge is 0.246 e. The summed E-state index contributed by atoms with van der Waals surface area (Å²) >= 11 is 0. The molecule has 3 N–H and O–H groups in total. The minimum atomic E-state index is -0.0629. The number of anilines is 1. The lowest BCUT2D eigenvalue weighted by Gasteiger charge is -2.25. The van der Waals surface area contributed by atoms with Crippen LogP contribution < -0.4 is 11.1 Å². The fourth-order valence-electron chi connectivity index (χ4n) is 3.73. The van der Waals surface area contributed by atoms with Gasteiger partial charge in [-0.1, -0.05) is 35.4 Å². The average Bonchev–Trinajstić information content (AvgIpc) is 2.83. The number of aromatic nitrogens is 1. The first-order valence-corrected chi connectivity index (χ1v) is 10.2. The number of nitroso groups, excluding NO2 is 1. The van der Waals surface area contributed by atoms with Gasteiger partial charge < -0.3 is 16.0 Å². The maximum atomic E-state index is 12.6. The maximum Gasteiger partial charge on any atom is 0.246 e. The lowest BCUT2D eigenvalue weighted by molar-refractivity contribution is -0.125. The molecule has 0 radical (unpaired) electrons. The molecule has 0 saturated heterocycles. The minimum Gasteiger partial charge on any atom is -0.382 e. The van der Waals surface area contributed by atoms with E-state index in [-0.39, 0.29) is 17.6 Å². The molecule has 0 aliphatic carbocycles. The number of nitrogens with zero attached hydrogens (tertiary/aromatic N) is 4. The molecular weight excluding hydrogens is 408 g/mol. The number of carbonyl (C=O) groups excluding carboxylic acids is 2. The van der Waals surface area contributed by atoms with Gasteiger partial charge in [-0.3, -0.25) is 9.59 Å². The number of benzene rings is 1. The Balaban J connectivity index is 1.37. The second-order valence-corrected chi connectivity index (χ2v) is 7.57. The van der Waals surface area contributed by atoms with Crippen LogP contribution in [0.3, 0.4) is 0 Å². The molecule has 9 heteroatoms. The predicted molar refractivity (Wildman–Crippen MR) is 122 cm³/mol. The standard InChI is InChI=1S/C23H22N6O3/c24-22(27-28-32)18-4-2-16(3-5-18)17-9-11-29(12-10-17)21(31)8-1-15-13-19-6-7-20(30)26-23(19)25-14-15/h1-5,8-9,13-14H,6-7,10-12H2,(H2,24,27,32)(H,25,26,30)/b8-1+. The first-order chi connectivity index (χ1) is 15.5. The molecule has 2 aliphatic rings. The first kappa shape index (κ1) is 21.1. The lowest BCUT2D eigenvalue weighted by Crippen LogP contribution is -2.33. The van der Waals surface area contributed by atoms with E-state index in [1.165, 1.54) is 0 Å². The van der Waals surface area contributed by atoms with Crippen LogP contribution in [0.25, 0.3) is 11.6 Å². The highest BCUT2D eigenvalue weighted by molar-refractivity contribution is 5.97. The monoisotopic (exact) mass is 430 g/mol. The largest absolute Gasteiger partial charge is 0.382 e. The van der Waals surface area contributed by atoms with Crippen LogP contribution in [0.2, 0.25) is 0 Å². The SMILES string of the molecule is N/C(=N\N=O)c1ccc(C2=CCN(C(=O)/C=C/c3cnc4c(c3)CCC(=O)N4)CC2)cc1. The predicted octanol–water partition coefficient (Wildman–Crippen LogP) is 2.68. The number of rotatable bonds is 5. The highest BCUT2D eigenvalue weighted by Crippen LogP contribution is 2.24. The van der Waals surface area contributed by atoms with Gasteiger partial charge in [0.15, 0.2) is 5.84 Å². The molecule has 1 aromatic heterocycles. The summed E-state index contributed by atoms with van der Waals surface area (Å²) in [5.74, 6) is 0.588. The molecule has 0 fully saturated rings. The van der Waals surface area contributed by atoms with E-state index in [4.69, 9.17) is 5.73 Å². The number of carbonyl (C=O) groups is 2. The third-order valence-corrected chi connectivity index (χ3v) is 5.51. The Morgan fingerprint density at radius 2 is 2.00 bits per heavy atom. The van der Waals surface area contributed by atoms with Crippen LogP contribution in [-0.4, -0.2) is 40.6 Å². The Morgan fingerprint density at radius 1 is 1.19 bits per heavy atom. The minimum absolute atomic E-state index is 0.0230. The van der Waals surface area contributed by atoms with Gasteiger partial charge in [-0.25, -0.2) is 4.98 Å². The van der Waals surface area contributed by atoms with E-state index in [1.54, 1.807) is 35.4 Å². The highest BCUT2D eigenvalue weighted by Gasteiger charge is 2.17. The molecule has 0 bridgehead atoms. The molecule has 1 aromatic carbocycles. The van der Waals surface area contributed by atoms with Gasteiger partial charge in [-0.05, 0) is 47.2 Å². The van der Waals surface area contributed by atoms with Crippen LogP contribution in [0, 0.1) is 4.91 Å². The summed E-state index contributed by atoms with van der Waals surface area (Å²) in [5, 5.41) is 8.50. The van der Waals surface area contributed by atoms with E-state index in [9.17, 15) is 14.5 Å². The summed E-state index contributed by atoms with van der Waals surface area (Å²) in [4.78, 5) is 40.3. The quantitative estimate of drug-likeness (QED) is 0.248. The van der Waals surface area contributed by atoms with Crippen LogP contribution >= 0.6 is 0 Å². The van der Waals surface area contributed by atoms with Crippen molar-refractivity contribution in [1.29, 1.82) is 0 Å². The Labute approximate surface area is 184 Å². The van der Waals surface area contributed by atoms with E-state index in [0.29, 0.717) is 37.3 Å². The molecule has 162 valence electrons. The van der Waals surface area contributed by atoms with Crippen LogP contribution in [0.4, 0.5) is 5.82 Å². The van der Waals surface area contributed by atoms with Gasteiger partial charge in [0.2, 0.25) is 11.8 Å². The number of amides is 2. The number of fused-ring (bicyclic) bond motifs is 1. The van der Waals surface area contributed by atoms with Crippen LogP contribution in [0.1, 0.15) is 35.1 Å². The molecule has 9 nitrogen and oxygen atoms in total. The zero-order valence-corrected chi connectivity index (χ0v) is 17.3. The normalized spacial score (nSPS) is 16.4. The van der Waals surface area contributed by atoms with Crippen LogP contribution in [-0.2, 0) is 16.0 Å². The second-order valence-electron chi connectivity index (χ2n) is 7.57. The summed E-state index contributed by atoms with van der Waals surface area (Å²) in [6.45, 7) is 1.14. The molecule has 0 atom stereocenters. The van der Waals surface area contributed by atoms with E-state index >= 15 is 0 Å². The zero-order valence-electron chi connectivity index (χ0n) is 17.3. The molecule has 0 unspecified atom stereocenters. The molecule has 0 spiro atoms. The molecule has 2 amide bonds. The third-order valence-electron chi connectivity index (χ3n) is 5.51. The number of pyridine rings is 1. The van der Waals surface area contributed by atoms with Gasteiger partial charge in [0.25, 0.3) is 0 Å². The molecule has 3 heterocycles. The molecule has 4 rings (SSSR count). The Kier molecular flexibility index (Phi) is 6.16. The Morgan fingerprint density at radius 3 is 2.72 bits per heavy atom. The molecule has 2 aromatic rings. The number of nitrogens with one attached hydrogen (secondary N) is 1. The van der Waals surface area contributed by atoms with E-state index in [0.717, 1.165) is 28.7 Å². The second kappa shape index (κ2) is 9.34. The van der Waals surface area contributed by atoms with Crippen molar-refractivity contribution in [3.63, 3.8) is 0 Å². The van der Waals surface area contributed by atoms with E-state index in [1.807, 2.05) is 24.3 Å². The zero-order chi connectivity index (χ0) is 22.5. The Bertz CT molecular complexity index is 1150. The van der Waals surface area contributed by atoms with Gasteiger partial charge in [-0.15, -0.1) is 4.91 Å². The number of amidine groups is 1. The van der Waals surface area contributed by atoms with Crippen molar-refractivity contribution < 1.29 is 9.59 Å². The Hall–Kier alpha value is -4.14. The summed E-state index contributed by atoms with van der Waals surface area (Å²) in [6, 6.07) is 9.36. The molecule has 0 saturated carbocycles. The van der Waals surface area contributed by atoms with Crippen molar-refractivity contribution in [2.45, 2.75) is 19.3 Å². The number of aryl methyl sites for hydroxylation is 1. The van der Waals surface area contributed by atoms with Gasteiger partial charge in [0.1, 0.15) is 5.82 Å². The maximum absolute atomic E-state index is 12.6. The highest BCUT2D eigenvalue weighted by atomic mass is 16.3. The first-order valence-electron chi connectivity index (χ1n) is 10.2. The lowest BCUT2D eigenvalue weighted by atomic mass is 9.98. The fraction of sp³-hybridized carbons (Fsp3) is 0.217. The van der Waals surface area contributed by atoms with Crippen molar-refractivity contribution in [2.75, 3.05) is 18.4 Å². The van der Waals surface area contributed by atoms with Gasteiger partial charge in [0, 0.05) is 37.3 Å². The number of hydrogen-bond acceptors (Lipinski definition) is 5. The average molecular weight is 430 g/mol. The van der Waals surface area contributed by atoms with Crippen molar-refractivity contribution in [1.82, 2.24) is 9.88 Å². The van der Waals surface area contributed by atoms with E-state index in [2.05, 4.69) is 20.7 Å². The van der Waals surface area contributed by atoms with E-state index < -0.39 is 0 Å². The summed E-state index contributed by atoms with van der Waals surface area (Å²) in [7, 11) is 0. The third kappa shape index (κ3) is 4.77. The molecule has 2 aliphatic heterocycles. The topological polar surface area (TPSA) is 130 Å². The van der Waals surface area contributed by atoms with Crippen molar-refractivity contribution in [3.8, 4) is 0 Å². The summed E-state index contributed by atoms with van der Waals surface area (Å²) in [5.41, 5.74) is 10.3. The molecular formula is C23H22N6O3. The summed E-state index contributed by atoms with van der Waals surface area (Å²) < 4.78 is 0. The fourth-order valence-corrected chi connectivity index (χ4v) is 3.73. The number of hydrogen-bond donors (Lipinski definition) is 2. The van der Waals surface area contributed by atoms with Crippen molar-refractivity contribution in [3.05, 3.63) is 75.8 Å². The van der Waals surface area contributed by atoms with Gasteiger partial charge >= 0.3 is 0 Å².